The molecule has 0 aliphatic heterocycles. The highest BCUT2D eigenvalue weighted by Crippen LogP contribution is 2.20. The summed E-state index contributed by atoms with van der Waals surface area (Å²) in [6, 6.07) is 6.36. The predicted molar refractivity (Wildman–Crippen MR) is 47.9 cm³/mol. The second kappa shape index (κ2) is 3.81. The monoisotopic (exact) mass is 245 g/mol. The summed E-state index contributed by atoms with van der Waals surface area (Å²) in [4.78, 5) is 0.272. The maximum atomic E-state index is 10.6. The quantitative estimate of drug-likeness (QED) is 0.770. The summed E-state index contributed by atoms with van der Waals surface area (Å²) in [6.07, 6.45) is 0. The molecule has 1 rings (SSSR count). The van der Waals surface area contributed by atoms with E-state index in [1.54, 1.807) is 0 Å². The molecule has 0 aliphatic rings. The minimum atomic E-state index is -2.01. The minimum absolute atomic E-state index is 0.272. The van der Waals surface area contributed by atoms with Crippen molar-refractivity contribution in [3.8, 4) is 6.07 Å². The van der Waals surface area contributed by atoms with Crippen molar-refractivity contribution in [2.75, 3.05) is 0 Å². The molecule has 0 saturated heterocycles. The first-order chi connectivity index (χ1) is 5.65. The van der Waals surface area contributed by atoms with Gasteiger partial charge in [-0.3, -0.25) is 0 Å². The van der Waals surface area contributed by atoms with Gasteiger partial charge in [0.25, 0.3) is 0 Å². The summed E-state index contributed by atoms with van der Waals surface area (Å²) >= 11 is 1.08. The lowest BCUT2D eigenvalue weighted by Crippen LogP contribution is -1.89. The topological polar surface area (TPSA) is 61.1 Å². The largest absolute Gasteiger partial charge is 0.302 e. The SMILES string of the molecule is N#Cc1ccc(S(=O)O)c(Br)c1. The molecule has 1 atom stereocenters. The van der Waals surface area contributed by atoms with Crippen LogP contribution in [0.1, 0.15) is 5.56 Å². The fourth-order valence-electron chi connectivity index (χ4n) is 0.712. The molecule has 3 nitrogen and oxygen atoms in total. The standard InChI is InChI=1S/C7H4BrNO2S/c8-6-3-5(4-9)1-2-7(6)12(10)11/h1-3H,(H,10,11). The van der Waals surface area contributed by atoms with E-state index in [2.05, 4.69) is 15.9 Å². The van der Waals surface area contributed by atoms with E-state index in [0.29, 0.717) is 10.0 Å². The molecule has 1 N–H and O–H groups in total. The Morgan fingerprint density at radius 1 is 1.58 bits per heavy atom. The second-order valence-corrected chi connectivity index (χ2v) is 3.80. The molecule has 0 aliphatic carbocycles. The van der Waals surface area contributed by atoms with Crippen LogP contribution in [0.4, 0.5) is 0 Å². The van der Waals surface area contributed by atoms with Crippen LogP contribution in [0.15, 0.2) is 27.6 Å². The van der Waals surface area contributed by atoms with E-state index in [-0.39, 0.29) is 4.90 Å². The third-order valence-corrected chi connectivity index (χ3v) is 2.90. The van der Waals surface area contributed by atoms with E-state index >= 15 is 0 Å². The van der Waals surface area contributed by atoms with E-state index < -0.39 is 11.1 Å². The zero-order valence-corrected chi connectivity index (χ0v) is 8.22. The number of nitrogens with zero attached hydrogens (tertiary/aromatic N) is 1. The number of hydrogen-bond donors (Lipinski definition) is 1. The number of nitriles is 1. The summed E-state index contributed by atoms with van der Waals surface area (Å²) in [7, 11) is 0. The van der Waals surface area contributed by atoms with Gasteiger partial charge in [0.05, 0.1) is 16.5 Å². The van der Waals surface area contributed by atoms with Crippen LogP contribution in [0.25, 0.3) is 0 Å². The van der Waals surface area contributed by atoms with Gasteiger partial charge in [0.1, 0.15) is 0 Å². The van der Waals surface area contributed by atoms with Crippen LogP contribution in [0.2, 0.25) is 0 Å². The zero-order chi connectivity index (χ0) is 9.14. The van der Waals surface area contributed by atoms with Gasteiger partial charge in [0.2, 0.25) is 0 Å². The maximum Gasteiger partial charge on any atom is 0.187 e. The lowest BCUT2D eigenvalue weighted by molar-refractivity contribution is 0.564. The molecule has 0 saturated carbocycles. The summed E-state index contributed by atoms with van der Waals surface area (Å²) in [5, 5.41) is 8.48. The summed E-state index contributed by atoms with van der Waals surface area (Å²) in [6.45, 7) is 0. The smallest absolute Gasteiger partial charge is 0.187 e. The van der Waals surface area contributed by atoms with Crippen molar-refractivity contribution in [2.45, 2.75) is 4.90 Å². The van der Waals surface area contributed by atoms with E-state index in [1.165, 1.54) is 18.2 Å². The summed E-state index contributed by atoms with van der Waals surface area (Å²) < 4.78 is 19.8. The van der Waals surface area contributed by atoms with Crippen LogP contribution < -0.4 is 0 Å². The van der Waals surface area contributed by atoms with E-state index in [4.69, 9.17) is 9.81 Å². The Hall–Kier alpha value is -0.700. The Morgan fingerprint density at radius 3 is 2.67 bits per heavy atom. The normalized spacial score (nSPS) is 12.1. The third kappa shape index (κ3) is 1.91. The molecule has 1 aromatic carbocycles. The van der Waals surface area contributed by atoms with Gasteiger partial charge in [0.15, 0.2) is 11.1 Å². The maximum absolute atomic E-state index is 10.6. The van der Waals surface area contributed by atoms with Gasteiger partial charge in [-0.05, 0) is 34.1 Å². The molecule has 0 amide bonds. The fourth-order valence-corrected chi connectivity index (χ4v) is 1.92. The second-order valence-electron chi connectivity index (χ2n) is 2.01. The highest BCUT2D eigenvalue weighted by Gasteiger charge is 2.05. The molecule has 0 heterocycles. The van der Waals surface area contributed by atoms with Crippen molar-refractivity contribution in [1.29, 1.82) is 5.26 Å². The Kier molecular flexibility index (Phi) is 2.98. The number of hydrogen-bond acceptors (Lipinski definition) is 2. The van der Waals surface area contributed by atoms with Crippen LogP contribution in [0, 0.1) is 11.3 Å². The molecule has 12 heavy (non-hydrogen) atoms. The fraction of sp³-hybridized carbons (Fsp3) is 0. The molecule has 0 bridgehead atoms. The molecule has 0 spiro atoms. The zero-order valence-electron chi connectivity index (χ0n) is 5.82. The highest BCUT2D eigenvalue weighted by molar-refractivity contribution is 9.10. The lowest BCUT2D eigenvalue weighted by Gasteiger charge is -1.97. The first-order valence-corrected chi connectivity index (χ1v) is 4.85. The van der Waals surface area contributed by atoms with E-state index in [0.717, 1.165) is 0 Å². The van der Waals surface area contributed by atoms with Gasteiger partial charge >= 0.3 is 0 Å². The Balaban J connectivity index is 3.23. The summed E-state index contributed by atoms with van der Waals surface area (Å²) in [5.41, 5.74) is 0.455. The Bertz CT molecular complexity index is 372. The Morgan fingerprint density at radius 2 is 2.25 bits per heavy atom. The van der Waals surface area contributed by atoms with Gasteiger partial charge in [-0.2, -0.15) is 5.26 Å². The van der Waals surface area contributed by atoms with Crippen molar-refractivity contribution in [2.24, 2.45) is 0 Å². The first kappa shape index (κ1) is 9.39. The van der Waals surface area contributed by atoms with Crippen LogP contribution in [0.3, 0.4) is 0 Å². The molecule has 1 unspecified atom stereocenters. The van der Waals surface area contributed by atoms with Crippen LogP contribution in [0.5, 0.6) is 0 Å². The van der Waals surface area contributed by atoms with Crippen LogP contribution in [-0.2, 0) is 11.1 Å². The number of rotatable bonds is 1. The third-order valence-electron chi connectivity index (χ3n) is 1.25. The average Bonchev–Trinajstić information content (AvgIpc) is 2.03. The molecule has 62 valence electrons. The van der Waals surface area contributed by atoms with Crippen molar-refractivity contribution < 1.29 is 8.76 Å². The van der Waals surface area contributed by atoms with Crippen molar-refractivity contribution in [3.63, 3.8) is 0 Å². The van der Waals surface area contributed by atoms with E-state index in [1.807, 2.05) is 6.07 Å². The van der Waals surface area contributed by atoms with Crippen molar-refractivity contribution in [3.05, 3.63) is 28.2 Å². The molecule has 1 aromatic rings. The van der Waals surface area contributed by atoms with Gasteiger partial charge in [-0.1, -0.05) is 0 Å². The summed E-state index contributed by atoms with van der Waals surface area (Å²) in [5.74, 6) is 0. The van der Waals surface area contributed by atoms with Crippen molar-refractivity contribution >= 4 is 27.0 Å². The minimum Gasteiger partial charge on any atom is -0.302 e. The molecular weight excluding hydrogens is 242 g/mol. The van der Waals surface area contributed by atoms with Gasteiger partial charge in [-0.25, -0.2) is 4.21 Å². The van der Waals surface area contributed by atoms with E-state index in [9.17, 15) is 4.21 Å². The molecule has 0 aromatic heterocycles. The number of benzene rings is 1. The van der Waals surface area contributed by atoms with Gasteiger partial charge < -0.3 is 4.55 Å². The predicted octanol–water partition coefficient (Wildman–Crippen LogP) is 1.90. The van der Waals surface area contributed by atoms with Crippen LogP contribution >= 0.6 is 15.9 Å². The van der Waals surface area contributed by atoms with Crippen LogP contribution in [-0.4, -0.2) is 8.76 Å². The molecule has 0 radical (unpaired) electrons. The van der Waals surface area contributed by atoms with Crippen molar-refractivity contribution in [1.82, 2.24) is 0 Å². The molecule has 0 fully saturated rings. The Labute approximate surface area is 80.4 Å². The van der Waals surface area contributed by atoms with Gasteiger partial charge in [-0.15, -0.1) is 0 Å². The molecule has 5 heteroatoms. The first-order valence-electron chi connectivity index (χ1n) is 2.95. The highest BCUT2D eigenvalue weighted by atomic mass is 79.9. The molecular formula is C7H4BrNO2S. The number of halogens is 1. The van der Waals surface area contributed by atoms with Gasteiger partial charge in [0, 0.05) is 4.47 Å². The average molecular weight is 246 g/mol. The lowest BCUT2D eigenvalue weighted by atomic mass is 10.2.